The first-order valence-electron chi connectivity index (χ1n) is 6.64. The highest BCUT2D eigenvalue weighted by molar-refractivity contribution is 8.14. The topological polar surface area (TPSA) is 24.4 Å². The van der Waals surface area contributed by atoms with Crippen molar-refractivity contribution in [3.63, 3.8) is 0 Å². The van der Waals surface area contributed by atoms with Crippen LogP contribution in [0.1, 0.15) is 46.5 Å². The number of thioether (sulfide) groups is 1. The summed E-state index contributed by atoms with van der Waals surface area (Å²) in [7, 11) is 0. The lowest BCUT2D eigenvalue weighted by atomic mass is 9.86. The fourth-order valence-electron chi connectivity index (χ4n) is 2.51. The van der Waals surface area contributed by atoms with E-state index in [1.807, 2.05) is 11.8 Å². The molecule has 3 heteroatoms. The van der Waals surface area contributed by atoms with E-state index in [4.69, 9.17) is 0 Å². The molecule has 16 heavy (non-hydrogen) atoms. The van der Waals surface area contributed by atoms with Crippen LogP contribution in [0, 0.1) is 11.8 Å². The number of hydrogen-bond donors (Lipinski definition) is 1. The van der Waals surface area contributed by atoms with Crippen LogP contribution in [-0.4, -0.2) is 23.0 Å². The van der Waals surface area contributed by atoms with Crippen LogP contribution in [-0.2, 0) is 0 Å². The third-order valence-electron chi connectivity index (χ3n) is 3.84. The summed E-state index contributed by atoms with van der Waals surface area (Å²) in [6.45, 7) is 7.96. The Morgan fingerprint density at radius 1 is 1.31 bits per heavy atom. The van der Waals surface area contributed by atoms with Crippen LogP contribution in [0.5, 0.6) is 0 Å². The first-order chi connectivity index (χ1) is 7.66. The molecule has 2 rings (SSSR count). The number of rotatable bonds is 2. The van der Waals surface area contributed by atoms with Crippen LogP contribution >= 0.6 is 11.8 Å². The Kier molecular flexibility index (Phi) is 4.17. The van der Waals surface area contributed by atoms with Gasteiger partial charge in [0.25, 0.3) is 0 Å². The van der Waals surface area contributed by atoms with Gasteiger partial charge >= 0.3 is 0 Å². The van der Waals surface area contributed by atoms with Crippen molar-refractivity contribution in [3.8, 4) is 0 Å². The molecule has 1 aliphatic carbocycles. The predicted octanol–water partition coefficient (Wildman–Crippen LogP) is 3.28. The van der Waals surface area contributed by atoms with Gasteiger partial charge in [0.2, 0.25) is 0 Å². The molecule has 1 fully saturated rings. The SMILES string of the molecule is CC(C)C1CN=C(NC2CCCCC2C)S1. The highest BCUT2D eigenvalue weighted by Gasteiger charge is 2.27. The molecular weight excluding hydrogens is 216 g/mol. The summed E-state index contributed by atoms with van der Waals surface area (Å²) in [6.07, 6.45) is 5.50. The number of hydrogen-bond acceptors (Lipinski definition) is 3. The van der Waals surface area contributed by atoms with Gasteiger partial charge in [0.05, 0.1) is 6.54 Å². The maximum absolute atomic E-state index is 4.64. The van der Waals surface area contributed by atoms with Gasteiger partial charge in [0, 0.05) is 11.3 Å². The molecule has 0 aromatic rings. The zero-order valence-electron chi connectivity index (χ0n) is 10.7. The summed E-state index contributed by atoms with van der Waals surface area (Å²) < 4.78 is 0. The second kappa shape index (κ2) is 5.44. The monoisotopic (exact) mass is 240 g/mol. The minimum absolute atomic E-state index is 0.672. The van der Waals surface area contributed by atoms with E-state index >= 15 is 0 Å². The van der Waals surface area contributed by atoms with Gasteiger partial charge in [0.15, 0.2) is 5.17 Å². The van der Waals surface area contributed by atoms with Crippen molar-refractivity contribution in [3.05, 3.63) is 0 Å². The fraction of sp³-hybridized carbons (Fsp3) is 0.923. The van der Waals surface area contributed by atoms with E-state index in [9.17, 15) is 0 Å². The Bertz CT molecular complexity index is 263. The summed E-state index contributed by atoms with van der Waals surface area (Å²) >= 11 is 1.95. The van der Waals surface area contributed by atoms with E-state index in [-0.39, 0.29) is 0 Å². The van der Waals surface area contributed by atoms with E-state index in [1.165, 1.54) is 30.9 Å². The average molecular weight is 240 g/mol. The van der Waals surface area contributed by atoms with Crippen molar-refractivity contribution in [2.45, 2.75) is 57.7 Å². The minimum Gasteiger partial charge on any atom is -0.362 e. The Morgan fingerprint density at radius 3 is 2.69 bits per heavy atom. The molecule has 0 radical (unpaired) electrons. The molecule has 0 aromatic heterocycles. The van der Waals surface area contributed by atoms with E-state index in [0.717, 1.165) is 18.4 Å². The molecule has 0 saturated heterocycles. The molecular formula is C13H24N2S. The highest BCUT2D eigenvalue weighted by Crippen LogP contribution is 2.29. The summed E-state index contributed by atoms with van der Waals surface area (Å²) in [5.74, 6) is 1.55. The smallest absolute Gasteiger partial charge is 0.157 e. The van der Waals surface area contributed by atoms with E-state index in [2.05, 4.69) is 31.1 Å². The zero-order valence-corrected chi connectivity index (χ0v) is 11.5. The van der Waals surface area contributed by atoms with Gasteiger partial charge in [-0.2, -0.15) is 0 Å². The molecule has 2 aliphatic rings. The first-order valence-corrected chi connectivity index (χ1v) is 7.52. The predicted molar refractivity (Wildman–Crippen MR) is 73.1 cm³/mol. The molecule has 0 aromatic carbocycles. The van der Waals surface area contributed by atoms with Crippen molar-refractivity contribution in [2.24, 2.45) is 16.8 Å². The van der Waals surface area contributed by atoms with E-state index in [1.54, 1.807) is 0 Å². The third-order valence-corrected chi connectivity index (χ3v) is 5.31. The van der Waals surface area contributed by atoms with Gasteiger partial charge in [-0.1, -0.05) is 45.4 Å². The zero-order chi connectivity index (χ0) is 11.5. The second-order valence-corrected chi connectivity index (χ2v) is 6.79. The van der Waals surface area contributed by atoms with Gasteiger partial charge in [-0.15, -0.1) is 0 Å². The largest absolute Gasteiger partial charge is 0.362 e. The summed E-state index contributed by atoms with van der Waals surface area (Å²) in [5, 5.41) is 5.57. The van der Waals surface area contributed by atoms with Gasteiger partial charge < -0.3 is 5.32 Å². The number of nitrogens with one attached hydrogen (secondary N) is 1. The molecule has 1 N–H and O–H groups in total. The Balaban J connectivity index is 1.82. The number of amidine groups is 1. The normalized spacial score (nSPS) is 35.2. The Labute approximate surface area is 104 Å². The Morgan fingerprint density at radius 2 is 2.06 bits per heavy atom. The van der Waals surface area contributed by atoms with E-state index < -0.39 is 0 Å². The third kappa shape index (κ3) is 2.93. The van der Waals surface area contributed by atoms with Gasteiger partial charge in [0.1, 0.15) is 0 Å². The molecule has 3 atom stereocenters. The first kappa shape index (κ1) is 12.3. The van der Waals surface area contributed by atoms with Gasteiger partial charge in [-0.05, 0) is 24.7 Å². The molecule has 0 amide bonds. The van der Waals surface area contributed by atoms with Gasteiger partial charge in [-0.25, -0.2) is 0 Å². The molecule has 0 bridgehead atoms. The average Bonchev–Trinajstić information content (AvgIpc) is 2.70. The van der Waals surface area contributed by atoms with Crippen molar-refractivity contribution < 1.29 is 0 Å². The van der Waals surface area contributed by atoms with Crippen LogP contribution in [0.15, 0.2) is 4.99 Å². The quantitative estimate of drug-likeness (QED) is 0.801. The molecule has 1 aliphatic heterocycles. The molecule has 3 unspecified atom stereocenters. The second-order valence-electron chi connectivity index (χ2n) is 5.56. The maximum atomic E-state index is 4.64. The highest BCUT2D eigenvalue weighted by atomic mass is 32.2. The molecule has 0 spiro atoms. The molecule has 1 saturated carbocycles. The molecule has 1 heterocycles. The van der Waals surface area contributed by atoms with Crippen molar-refractivity contribution in [2.75, 3.05) is 6.54 Å². The standard InChI is InChI=1S/C13H24N2S/c1-9(2)12-8-14-13(16-12)15-11-7-5-4-6-10(11)3/h9-12H,4-8H2,1-3H3,(H,14,15). The van der Waals surface area contributed by atoms with Crippen molar-refractivity contribution >= 4 is 16.9 Å². The lowest BCUT2D eigenvalue weighted by molar-refractivity contribution is 0.310. The number of nitrogens with zero attached hydrogens (tertiary/aromatic N) is 1. The number of aliphatic imine (C=N–C) groups is 1. The summed E-state index contributed by atoms with van der Waals surface area (Å²) in [5.41, 5.74) is 0. The Hall–Kier alpha value is -0.180. The van der Waals surface area contributed by atoms with Crippen molar-refractivity contribution in [1.29, 1.82) is 0 Å². The molecule has 92 valence electrons. The van der Waals surface area contributed by atoms with Crippen LogP contribution in [0.25, 0.3) is 0 Å². The summed E-state index contributed by atoms with van der Waals surface area (Å²) in [6, 6.07) is 0.672. The summed E-state index contributed by atoms with van der Waals surface area (Å²) in [4.78, 5) is 4.64. The molecule has 2 nitrogen and oxygen atoms in total. The van der Waals surface area contributed by atoms with Crippen LogP contribution in [0.2, 0.25) is 0 Å². The lowest BCUT2D eigenvalue weighted by Crippen LogP contribution is -2.39. The van der Waals surface area contributed by atoms with Crippen LogP contribution in [0.4, 0.5) is 0 Å². The lowest BCUT2D eigenvalue weighted by Gasteiger charge is -2.30. The fourth-order valence-corrected chi connectivity index (χ4v) is 3.58. The van der Waals surface area contributed by atoms with Crippen molar-refractivity contribution in [1.82, 2.24) is 5.32 Å². The van der Waals surface area contributed by atoms with Gasteiger partial charge in [-0.3, -0.25) is 4.99 Å². The van der Waals surface area contributed by atoms with Crippen LogP contribution in [0.3, 0.4) is 0 Å². The maximum Gasteiger partial charge on any atom is 0.157 e. The van der Waals surface area contributed by atoms with Crippen LogP contribution < -0.4 is 5.32 Å². The van der Waals surface area contributed by atoms with E-state index in [0.29, 0.717) is 11.3 Å². The minimum atomic E-state index is 0.672.